The summed E-state index contributed by atoms with van der Waals surface area (Å²) in [5, 5.41) is 3.09. The lowest BCUT2D eigenvalue weighted by molar-refractivity contribution is -0.129. The molecule has 35 heavy (non-hydrogen) atoms. The predicted octanol–water partition coefficient (Wildman–Crippen LogP) is 3.18. The molecule has 0 unspecified atom stereocenters. The molecule has 2 aromatic heterocycles. The monoisotopic (exact) mass is 469 g/mol. The molecule has 0 aliphatic carbocycles. The van der Waals surface area contributed by atoms with Gasteiger partial charge in [0.15, 0.2) is 11.3 Å². The summed E-state index contributed by atoms with van der Waals surface area (Å²) in [5.74, 6) is 6.57. The number of benzene rings is 2. The zero-order valence-electron chi connectivity index (χ0n) is 19.2. The van der Waals surface area contributed by atoms with Gasteiger partial charge in [0.1, 0.15) is 22.9 Å². The average Bonchev–Trinajstić information content (AvgIpc) is 3.39. The molecule has 3 heterocycles. The summed E-state index contributed by atoms with van der Waals surface area (Å²) in [6, 6.07) is 14.6. The van der Waals surface area contributed by atoms with Gasteiger partial charge in [-0.05, 0) is 61.4 Å². The Kier molecular flexibility index (Phi) is 5.63. The van der Waals surface area contributed by atoms with Crippen LogP contribution in [0.4, 0.5) is 0 Å². The van der Waals surface area contributed by atoms with Crippen LogP contribution in [0.3, 0.4) is 0 Å². The van der Waals surface area contributed by atoms with Crippen molar-refractivity contribution in [3.8, 4) is 40.3 Å². The van der Waals surface area contributed by atoms with Crippen molar-refractivity contribution in [2.75, 3.05) is 20.2 Å². The number of H-pyrrole nitrogens is 1. The van der Waals surface area contributed by atoms with Crippen LogP contribution in [0.5, 0.6) is 17.2 Å². The number of primary amides is 1. The second-order valence-electron chi connectivity index (χ2n) is 8.15. The average molecular weight is 470 g/mol. The van der Waals surface area contributed by atoms with Gasteiger partial charge in [0.2, 0.25) is 0 Å². The lowest BCUT2D eigenvalue weighted by Crippen LogP contribution is -2.47. The molecule has 0 spiro atoms. The fourth-order valence-corrected chi connectivity index (χ4v) is 4.16. The van der Waals surface area contributed by atoms with Crippen molar-refractivity contribution >= 4 is 17.5 Å². The highest BCUT2D eigenvalue weighted by molar-refractivity contribution is 5.99. The zero-order chi connectivity index (χ0) is 24.5. The van der Waals surface area contributed by atoms with Gasteiger partial charge in [-0.25, -0.2) is 9.50 Å². The second-order valence-corrected chi connectivity index (χ2v) is 8.15. The topological polar surface area (TPSA) is 115 Å². The van der Waals surface area contributed by atoms with Crippen LogP contribution in [0.2, 0.25) is 0 Å². The molecule has 1 aliphatic rings. The van der Waals surface area contributed by atoms with Crippen LogP contribution in [0, 0.1) is 11.8 Å². The number of amides is 2. The van der Waals surface area contributed by atoms with Gasteiger partial charge in [-0.2, -0.15) is 0 Å². The van der Waals surface area contributed by atoms with Crippen LogP contribution >= 0.6 is 0 Å². The minimum Gasteiger partial charge on any atom is -0.497 e. The van der Waals surface area contributed by atoms with Crippen LogP contribution in [0.15, 0.2) is 54.7 Å². The molecule has 1 fully saturated rings. The van der Waals surface area contributed by atoms with Crippen molar-refractivity contribution in [1.82, 2.24) is 19.5 Å². The SMILES string of the molecule is CC#CC(=O)N1CC(c2c[nH]n3c(C(N)=O)c(-c4ccc(Oc5ccc(OC)cc5)cc4)nc23)C1. The highest BCUT2D eigenvalue weighted by atomic mass is 16.5. The lowest BCUT2D eigenvalue weighted by Gasteiger charge is -2.37. The predicted molar refractivity (Wildman–Crippen MR) is 129 cm³/mol. The third-order valence-corrected chi connectivity index (χ3v) is 5.98. The number of aromatic nitrogens is 3. The Hall–Kier alpha value is -4.71. The number of likely N-dealkylation sites (tertiary alicyclic amines) is 1. The Labute approximate surface area is 201 Å². The maximum Gasteiger partial charge on any atom is 0.298 e. The number of ether oxygens (including phenoxy) is 2. The number of aromatic amines is 1. The molecule has 176 valence electrons. The molecule has 2 aromatic carbocycles. The van der Waals surface area contributed by atoms with E-state index in [2.05, 4.69) is 16.9 Å². The van der Waals surface area contributed by atoms with Gasteiger partial charge in [0.25, 0.3) is 11.8 Å². The molecule has 9 heteroatoms. The van der Waals surface area contributed by atoms with E-state index >= 15 is 0 Å². The molecule has 5 rings (SSSR count). The summed E-state index contributed by atoms with van der Waals surface area (Å²) in [6.07, 6.45) is 1.81. The highest BCUT2D eigenvalue weighted by Crippen LogP contribution is 2.34. The zero-order valence-corrected chi connectivity index (χ0v) is 19.2. The molecule has 0 atom stereocenters. The summed E-state index contributed by atoms with van der Waals surface area (Å²) in [7, 11) is 1.61. The third-order valence-electron chi connectivity index (χ3n) is 5.98. The Morgan fingerprint density at radius 1 is 1.06 bits per heavy atom. The molecule has 1 aliphatic heterocycles. The van der Waals surface area contributed by atoms with Crippen molar-refractivity contribution in [3.63, 3.8) is 0 Å². The number of hydrogen-bond acceptors (Lipinski definition) is 5. The number of carbonyl (C=O) groups is 2. The van der Waals surface area contributed by atoms with E-state index in [1.165, 1.54) is 0 Å². The first-order valence-corrected chi connectivity index (χ1v) is 11.0. The van der Waals surface area contributed by atoms with Crippen LogP contribution in [-0.2, 0) is 4.79 Å². The maximum absolute atomic E-state index is 12.3. The van der Waals surface area contributed by atoms with Gasteiger partial charge in [-0.1, -0.05) is 5.92 Å². The van der Waals surface area contributed by atoms with E-state index in [0.717, 1.165) is 16.9 Å². The number of nitrogens with zero attached hydrogens (tertiary/aromatic N) is 3. The van der Waals surface area contributed by atoms with E-state index in [1.54, 1.807) is 23.4 Å². The maximum atomic E-state index is 12.3. The van der Waals surface area contributed by atoms with E-state index in [-0.39, 0.29) is 17.5 Å². The quantitative estimate of drug-likeness (QED) is 0.421. The van der Waals surface area contributed by atoms with E-state index in [9.17, 15) is 9.59 Å². The highest BCUT2D eigenvalue weighted by Gasteiger charge is 2.34. The molecule has 9 nitrogen and oxygen atoms in total. The first kappa shape index (κ1) is 22.1. The minimum absolute atomic E-state index is 0.0996. The van der Waals surface area contributed by atoms with Gasteiger partial charge in [-0.3, -0.25) is 14.7 Å². The Morgan fingerprint density at radius 3 is 2.29 bits per heavy atom. The number of rotatable bonds is 6. The summed E-state index contributed by atoms with van der Waals surface area (Å²) in [5.41, 5.74) is 8.73. The molecular weight excluding hydrogens is 446 g/mol. The fraction of sp³-hybridized carbons (Fsp3) is 0.192. The number of nitrogens with two attached hydrogens (primary N) is 1. The molecular formula is C26H23N5O4. The summed E-state index contributed by atoms with van der Waals surface area (Å²) in [4.78, 5) is 30.7. The number of nitrogens with one attached hydrogen (secondary N) is 1. The summed E-state index contributed by atoms with van der Waals surface area (Å²) in [6.45, 7) is 2.74. The number of fused-ring (bicyclic) bond motifs is 1. The van der Waals surface area contributed by atoms with Gasteiger partial charge in [0, 0.05) is 36.3 Å². The van der Waals surface area contributed by atoms with Gasteiger partial charge in [0.05, 0.1) is 7.11 Å². The van der Waals surface area contributed by atoms with Crippen LogP contribution in [-0.4, -0.2) is 51.5 Å². The van der Waals surface area contributed by atoms with E-state index in [0.29, 0.717) is 35.9 Å². The first-order chi connectivity index (χ1) is 17.0. The molecule has 2 amide bonds. The van der Waals surface area contributed by atoms with Crippen molar-refractivity contribution in [1.29, 1.82) is 0 Å². The smallest absolute Gasteiger partial charge is 0.298 e. The van der Waals surface area contributed by atoms with E-state index in [1.807, 2.05) is 54.7 Å². The number of hydrogen-bond donors (Lipinski definition) is 2. The standard InChI is InChI=1S/C26H23N5O4/c1-3-4-22(32)30-14-17(15-30)21-13-28-31-24(25(27)33)23(29-26(21)31)16-5-7-19(8-6-16)35-20-11-9-18(34-2)10-12-20/h5-13,17,28H,14-15H2,1-2H3,(H2,27,33). The van der Waals surface area contributed by atoms with Gasteiger partial charge in [-0.15, -0.1) is 0 Å². The van der Waals surface area contributed by atoms with E-state index < -0.39 is 5.91 Å². The van der Waals surface area contributed by atoms with Crippen molar-refractivity contribution in [3.05, 3.63) is 66.0 Å². The second kappa shape index (κ2) is 8.91. The minimum atomic E-state index is -0.594. The van der Waals surface area contributed by atoms with Crippen molar-refractivity contribution in [2.24, 2.45) is 5.73 Å². The molecule has 3 N–H and O–H groups in total. The van der Waals surface area contributed by atoms with Crippen molar-refractivity contribution < 1.29 is 19.1 Å². The molecule has 0 radical (unpaired) electrons. The van der Waals surface area contributed by atoms with Gasteiger partial charge < -0.3 is 20.1 Å². The van der Waals surface area contributed by atoms with Crippen LogP contribution < -0.4 is 15.2 Å². The van der Waals surface area contributed by atoms with Gasteiger partial charge >= 0.3 is 0 Å². The summed E-state index contributed by atoms with van der Waals surface area (Å²) >= 11 is 0. The number of carbonyl (C=O) groups excluding carboxylic acids is 2. The van der Waals surface area contributed by atoms with Crippen LogP contribution in [0.1, 0.15) is 28.9 Å². The normalized spacial score (nSPS) is 13.1. The molecule has 4 aromatic rings. The van der Waals surface area contributed by atoms with E-state index in [4.69, 9.17) is 20.2 Å². The summed E-state index contributed by atoms with van der Waals surface area (Å²) < 4.78 is 12.7. The first-order valence-electron chi connectivity index (χ1n) is 11.0. The number of imidazole rings is 1. The van der Waals surface area contributed by atoms with Crippen molar-refractivity contribution in [2.45, 2.75) is 12.8 Å². The third kappa shape index (κ3) is 4.06. The molecule has 0 saturated carbocycles. The Balaban J connectivity index is 1.40. The molecule has 1 saturated heterocycles. The Morgan fingerprint density at radius 2 is 1.69 bits per heavy atom. The fourth-order valence-electron chi connectivity index (χ4n) is 4.16. The lowest BCUT2D eigenvalue weighted by atomic mass is 9.93. The largest absolute Gasteiger partial charge is 0.497 e. The number of methoxy groups -OCH3 is 1. The van der Waals surface area contributed by atoms with Crippen LogP contribution in [0.25, 0.3) is 16.9 Å². The Bertz CT molecular complexity index is 1470. The molecule has 0 bridgehead atoms.